The fourth-order valence-electron chi connectivity index (χ4n) is 7.58. The van der Waals surface area contributed by atoms with Gasteiger partial charge in [0.15, 0.2) is 11.4 Å². The number of carbonyl (C=O) groups excluding carboxylic acids is 3. The maximum atomic E-state index is 14.0. The summed E-state index contributed by atoms with van der Waals surface area (Å²) < 4.78 is 0. The predicted octanol–water partition coefficient (Wildman–Crippen LogP) is 2.80. The van der Waals surface area contributed by atoms with Crippen LogP contribution in [0.1, 0.15) is 62.3 Å². The van der Waals surface area contributed by atoms with Crippen LogP contribution in [-0.2, 0) is 20.8 Å². The number of ketones is 2. The maximum Gasteiger partial charge on any atom is 0.255 e. The molecule has 2 fully saturated rings. The minimum absolute atomic E-state index is 0.0103. The minimum Gasteiger partial charge on any atom is -0.508 e. The van der Waals surface area contributed by atoms with Gasteiger partial charge in [-0.3, -0.25) is 24.2 Å². The lowest BCUT2D eigenvalue weighted by atomic mass is 9.57. The van der Waals surface area contributed by atoms with Gasteiger partial charge in [0.2, 0.25) is 5.78 Å². The summed E-state index contributed by atoms with van der Waals surface area (Å²) in [6.45, 7) is 6.09. The third-order valence-corrected chi connectivity index (χ3v) is 9.70. The third kappa shape index (κ3) is 4.38. The second kappa shape index (κ2) is 10.4. The van der Waals surface area contributed by atoms with E-state index in [-0.39, 0.29) is 35.8 Å². The Labute approximate surface area is 244 Å². The molecule has 4 aliphatic rings. The molecule has 10 nitrogen and oxygen atoms in total. The van der Waals surface area contributed by atoms with Crippen molar-refractivity contribution in [2.45, 2.75) is 63.6 Å². The van der Waals surface area contributed by atoms with Gasteiger partial charge in [-0.05, 0) is 75.4 Å². The molecule has 1 unspecified atom stereocenters. The summed E-state index contributed by atoms with van der Waals surface area (Å²) in [6, 6.07) is 0.411. The number of carbonyl (C=O) groups is 3. The van der Waals surface area contributed by atoms with Gasteiger partial charge in [-0.25, -0.2) is 0 Å². The molecule has 0 bridgehead atoms. The highest BCUT2D eigenvalue weighted by atomic mass is 35.5. The number of rotatable bonds is 5. The van der Waals surface area contributed by atoms with Crippen molar-refractivity contribution < 1.29 is 34.8 Å². The highest BCUT2D eigenvalue weighted by Crippen LogP contribution is 2.54. The zero-order chi connectivity index (χ0) is 30.1. The van der Waals surface area contributed by atoms with Crippen molar-refractivity contribution in [1.29, 1.82) is 0 Å². The highest BCUT2D eigenvalue weighted by molar-refractivity contribution is 6.33. The molecule has 1 amide bonds. The van der Waals surface area contributed by atoms with Crippen molar-refractivity contribution in [3.8, 4) is 5.75 Å². The molecule has 0 spiro atoms. The topological polar surface area (TPSA) is 165 Å². The Morgan fingerprint density at radius 2 is 1.90 bits per heavy atom. The molecule has 0 aromatic heterocycles. The van der Waals surface area contributed by atoms with Crippen molar-refractivity contribution in [1.82, 2.24) is 9.80 Å². The Bertz CT molecular complexity index is 1400. The number of aromatic hydroxyl groups is 1. The average Bonchev–Trinajstić information content (AvgIpc) is 2.88. The van der Waals surface area contributed by atoms with E-state index in [1.807, 2.05) is 0 Å². The van der Waals surface area contributed by atoms with Gasteiger partial charge in [-0.2, -0.15) is 0 Å². The van der Waals surface area contributed by atoms with Crippen LogP contribution in [0.15, 0.2) is 23.0 Å². The standard InChI is InChI=1S/C30H38ClN3O7/c1-13(2)12-34-8-6-5-7-18(34)15-11-19(35)21-16(23(15)31)9-14-10-17-24(33(3)4)26(37)22(29(32)40)28(39)30(17,41)27(38)20(14)25(21)36/h11,13-14,17-18,24,35-36,39,41H,5-10,12H2,1-4H3,(H2,32,40)/t14-,17-,18?,24-,30-/m0/s1. The number of phenols is 1. The summed E-state index contributed by atoms with van der Waals surface area (Å²) in [5, 5.41) is 45.8. The highest BCUT2D eigenvalue weighted by Gasteiger charge is 2.64. The lowest BCUT2D eigenvalue weighted by molar-refractivity contribution is -0.153. The number of nitrogens with two attached hydrogens (primary N) is 1. The number of hydrogen-bond acceptors (Lipinski definition) is 9. The van der Waals surface area contributed by atoms with E-state index < -0.39 is 58.0 Å². The zero-order valence-corrected chi connectivity index (χ0v) is 24.5. The monoisotopic (exact) mass is 587 g/mol. The molecule has 1 aromatic rings. The van der Waals surface area contributed by atoms with Crippen LogP contribution >= 0.6 is 11.6 Å². The number of primary amides is 1. The number of nitrogens with zero attached hydrogens (tertiary/aromatic N) is 2. The molecule has 1 saturated carbocycles. The lowest BCUT2D eigenvalue weighted by Crippen LogP contribution is -2.65. The zero-order valence-electron chi connectivity index (χ0n) is 23.8. The van der Waals surface area contributed by atoms with E-state index in [0.717, 1.165) is 37.9 Å². The Balaban J connectivity index is 1.66. The number of fused-ring (bicyclic) bond motifs is 3. The number of aliphatic hydroxyl groups excluding tert-OH is 2. The van der Waals surface area contributed by atoms with Crippen LogP contribution in [0.5, 0.6) is 5.75 Å². The molecule has 1 saturated heterocycles. The first-order valence-electron chi connectivity index (χ1n) is 14.1. The first-order valence-corrected chi connectivity index (χ1v) is 14.5. The van der Waals surface area contributed by atoms with Gasteiger partial charge >= 0.3 is 0 Å². The van der Waals surface area contributed by atoms with Crippen LogP contribution in [0, 0.1) is 17.8 Å². The van der Waals surface area contributed by atoms with Crippen LogP contribution in [0.3, 0.4) is 0 Å². The van der Waals surface area contributed by atoms with Crippen LogP contribution in [0.25, 0.3) is 5.76 Å². The van der Waals surface area contributed by atoms with Gasteiger partial charge in [0.25, 0.3) is 5.91 Å². The summed E-state index contributed by atoms with van der Waals surface area (Å²) in [4.78, 5) is 43.2. The summed E-state index contributed by atoms with van der Waals surface area (Å²) in [5.74, 6) is -6.31. The van der Waals surface area contributed by atoms with Crippen molar-refractivity contribution in [2.75, 3.05) is 27.2 Å². The number of Topliss-reactive ketones (excluding diaryl/α,β-unsaturated/α-hetero) is 2. The molecule has 3 aliphatic carbocycles. The molecule has 0 radical (unpaired) electrons. The fraction of sp³-hybridized carbons (Fsp3) is 0.567. The van der Waals surface area contributed by atoms with Gasteiger partial charge in [0.05, 0.1) is 11.6 Å². The average molecular weight is 588 g/mol. The van der Waals surface area contributed by atoms with Crippen molar-refractivity contribution in [2.24, 2.45) is 23.5 Å². The number of phenolic OH excluding ortho intramolecular Hbond substituents is 1. The maximum absolute atomic E-state index is 14.0. The van der Waals surface area contributed by atoms with Gasteiger partial charge in [-0.15, -0.1) is 0 Å². The molecule has 11 heteroatoms. The summed E-state index contributed by atoms with van der Waals surface area (Å²) in [7, 11) is 3.14. The van der Waals surface area contributed by atoms with Crippen molar-refractivity contribution >= 4 is 34.8 Å². The van der Waals surface area contributed by atoms with E-state index in [1.165, 1.54) is 4.90 Å². The summed E-state index contributed by atoms with van der Waals surface area (Å²) >= 11 is 7.04. The molecule has 1 aliphatic heterocycles. The number of likely N-dealkylation sites (N-methyl/N-ethyl adjacent to an activating group) is 1. The van der Waals surface area contributed by atoms with Gasteiger partial charge in [0.1, 0.15) is 22.8 Å². The number of aliphatic hydroxyl groups is 3. The van der Waals surface area contributed by atoms with E-state index in [1.54, 1.807) is 20.2 Å². The molecular weight excluding hydrogens is 550 g/mol. The molecular formula is C30H38ClN3O7. The summed E-state index contributed by atoms with van der Waals surface area (Å²) in [5.41, 5.74) is 2.98. The van der Waals surface area contributed by atoms with E-state index in [4.69, 9.17) is 17.3 Å². The van der Waals surface area contributed by atoms with Gasteiger partial charge in [0, 0.05) is 29.1 Å². The molecule has 6 N–H and O–H groups in total. The molecule has 5 rings (SSSR count). The first-order chi connectivity index (χ1) is 19.2. The number of benzene rings is 1. The SMILES string of the molecule is CC(C)CN1CCCCC1c1cc(O)c2c(c1Cl)C[C@H]1C[C@H]3[C@H](N(C)C)C(=O)C(C(N)=O)=C(O)[C@@]3(O)C(=O)C1=C2O. The van der Waals surface area contributed by atoms with Gasteiger partial charge < -0.3 is 26.2 Å². The smallest absolute Gasteiger partial charge is 0.255 e. The number of piperidine rings is 1. The third-order valence-electron chi connectivity index (χ3n) is 9.25. The number of amides is 1. The Hall–Kier alpha value is -2.92. The van der Waals surface area contributed by atoms with Crippen molar-refractivity contribution in [3.05, 3.63) is 44.7 Å². The second-order valence-corrected chi connectivity index (χ2v) is 12.9. The van der Waals surface area contributed by atoms with Crippen LogP contribution in [-0.4, -0.2) is 86.5 Å². The molecule has 5 atom stereocenters. The Morgan fingerprint density at radius 1 is 1.22 bits per heavy atom. The van der Waals surface area contributed by atoms with Crippen LogP contribution in [0.4, 0.5) is 0 Å². The lowest BCUT2D eigenvalue weighted by Gasteiger charge is -2.50. The number of hydrogen-bond donors (Lipinski definition) is 5. The normalized spacial score (nSPS) is 30.5. The van der Waals surface area contributed by atoms with E-state index in [2.05, 4.69) is 18.7 Å². The van der Waals surface area contributed by atoms with Gasteiger partial charge in [-0.1, -0.05) is 31.9 Å². The molecule has 222 valence electrons. The second-order valence-electron chi connectivity index (χ2n) is 12.5. The van der Waals surface area contributed by atoms with Crippen LogP contribution in [0.2, 0.25) is 5.02 Å². The van der Waals surface area contributed by atoms with Crippen LogP contribution < -0.4 is 5.73 Å². The summed E-state index contributed by atoms with van der Waals surface area (Å²) in [6.07, 6.45) is 3.16. The molecule has 1 heterocycles. The predicted molar refractivity (Wildman–Crippen MR) is 152 cm³/mol. The first kappa shape index (κ1) is 29.6. The molecule has 1 aromatic carbocycles. The van der Waals surface area contributed by atoms with Crippen molar-refractivity contribution in [3.63, 3.8) is 0 Å². The Morgan fingerprint density at radius 3 is 2.51 bits per heavy atom. The largest absolute Gasteiger partial charge is 0.508 e. The fourth-order valence-corrected chi connectivity index (χ4v) is 7.93. The minimum atomic E-state index is -2.66. The number of likely N-dealkylation sites (tertiary alicyclic amines) is 1. The van der Waals surface area contributed by atoms with E-state index in [9.17, 15) is 34.8 Å². The van der Waals surface area contributed by atoms with E-state index in [0.29, 0.717) is 16.5 Å². The van der Waals surface area contributed by atoms with E-state index >= 15 is 0 Å². The quantitative estimate of drug-likeness (QED) is 0.326. The Kier molecular flexibility index (Phi) is 7.51. The molecule has 41 heavy (non-hydrogen) atoms. The number of halogens is 1.